The molecule has 0 spiro atoms. The van der Waals surface area contributed by atoms with Crippen LogP contribution in [-0.4, -0.2) is 45.4 Å². The topological polar surface area (TPSA) is 95.2 Å². The highest BCUT2D eigenvalue weighted by atomic mass is 35.5. The molecule has 1 unspecified atom stereocenters. The Balaban J connectivity index is 1.41. The molecule has 7 nitrogen and oxygen atoms in total. The van der Waals surface area contributed by atoms with Gasteiger partial charge in [0.1, 0.15) is 4.34 Å². The normalized spacial score (nSPS) is 13.7. The van der Waals surface area contributed by atoms with Gasteiger partial charge in [0, 0.05) is 23.9 Å². The van der Waals surface area contributed by atoms with Crippen molar-refractivity contribution in [3.05, 3.63) is 98.5 Å². The molecule has 5 rings (SSSR count). The standard InChI is InChI=1S/C25H17ClF2N4O3S/c26-22-18(14-10-29-30-11-14)9-21(36-22)23(33)31-15(7-13-5-6-19(27)20(28)8-13)12-32-24(34)16-3-1-2-4-17(16)25(32)35/h1-6,8-11,15H,7,12H2,(H,29,30)(H,31,33). The third kappa shape index (κ3) is 4.52. The molecule has 2 aromatic carbocycles. The van der Waals surface area contributed by atoms with Crippen LogP contribution in [0.4, 0.5) is 8.78 Å². The van der Waals surface area contributed by atoms with Gasteiger partial charge in [0.2, 0.25) is 0 Å². The molecular formula is C25H17ClF2N4O3S. The first-order valence-corrected chi connectivity index (χ1v) is 12.0. The maximum absolute atomic E-state index is 13.8. The van der Waals surface area contributed by atoms with Crippen LogP contribution in [0.5, 0.6) is 0 Å². The van der Waals surface area contributed by atoms with Crippen LogP contribution in [0.1, 0.15) is 36.0 Å². The molecule has 2 aromatic heterocycles. The summed E-state index contributed by atoms with van der Waals surface area (Å²) in [5, 5.41) is 9.40. The molecule has 1 atom stereocenters. The number of fused-ring (bicyclic) bond motifs is 1. The van der Waals surface area contributed by atoms with Crippen molar-refractivity contribution in [3.8, 4) is 11.1 Å². The number of rotatable bonds is 7. The van der Waals surface area contributed by atoms with E-state index in [9.17, 15) is 23.2 Å². The smallest absolute Gasteiger partial charge is 0.261 e. The van der Waals surface area contributed by atoms with Crippen LogP contribution in [-0.2, 0) is 6.42 Å². The molecular weight excluding hydrogens is 510 g/mol. The number of hydrogen-bond donors (Lipinski definition) is 2. The van der Waals surface area contributed by atoms with Crippen molar-refractivity contribution in [2.45, 2.75) is 12.5 Å². The fourth-order valence-corrected chi connectivity index (χ4v) is 5.29. The molecule has 0 saturated heterocycles. The van der Waals surface area contributed by atoms with E-state index in [4.69, 9.17) is 11.6 Å². The molecule has 3 heterocycles. The Morgan fingerprint density at radius 1 is 1.06 bits per heavy atom. The molecule has 3 amide bonds. The average molecular weight is 527 g/mol. The van der Waals surface area contributed by atoms with Crippen LogP contribution in [0.3, 0.4) is 0 Å². The number of hydrogen-bond acceptors (Lipinski definition) is 5. The number of aromatic amines is 1. The summed E-state index contributed by atoms with van der Waals surface area (Å²) in [4.78, 5) is 40.3. The van der Waals surface area contributed by atoms with E-state index in [0.717, 1.165) is 28.4 Å². The minimum atomic E-state index is -1.03. The number of halogens is 3. The van der Waals surface area contributed by atoms with Gasteiger partial charge in [-0.3, -0.25) is 24.4 Å². The van der Waals surface area contributed by atoms with Gasteiger partial charge in [0.15, 0.2) is 11.6 Å². The highest BCUT2D eigenvalue weighted by Gasteiger charge is 2.36. The molecule has 36 heavy (non-hydrogen) atoms. The lowest BCUT2D eigenvalue weighted by atomic mass is 10.0. The Labute approximate surface area is 212 Å². The van der Waals surface area contributed by atoms with Gasteiger partial charge in [0.05, 0.1) is 28.2 Å². The Bertz CT molecular complexity index is 1450. The number of carbonyl (C=O) groups excluding carboxylic acids is 3. The second kappa shape index (κ2) is 9.63. The van der Waals surface area contributed by atoms with E-state index in [-0.39, 0.29) is 24.1 Å². The zero-order valence-corrected chi connectivity index (χ0v) is 20.0. The average Bonchev–Trinajstić information content (AvgIpc) is 3.58. The molecule has 4 aromatic rings. The highest BCUT2D eigenvalue weighted by Crippen LogP contribution is 2.35. The highest BCUT2D eigenvalue weighted by molar-refractivity contribution is 7.18. The summed E-state index contributed by atoms with van der Waals surface area (Å²) in [5.74, 6) is -3.49. The lowest BCUT2D eigenvalue weighted by Gasteiger charge is -2.24. The van der Waals surface area contributed by atoms with Crippen LogP contribution in [0, 0.1) is 11.6 Å². The van der Waals surface area contributed by atoms with E-state index >= 15 is 0 Å². The Kier molecular flexibility index (Phi) is 6.38. The third-order valence-electron chi connectivity index (χ3n) is 5.80. The lowest BCUT2D eigenvalue weighted by molar-refractivity contribution is 0.0629. The summed E-state index contributed by atoms with van der Waals surface area (Å²) < 4.78 is 27.7. The van der Waals surface area contributed by atoms with Gasteiger partial charge in [-0.05, 0) is 42.3 Å². The van der Waals surface area contributed by atoms with Crippen LogP contribution in [0.15, 0.2) is 60.9 Å². The van der Waals surface area contributed by atoms with Crippen molar-refractivity contribution in [1.29, 1.82) is 0 Å². The van der Waals surface area contributed by atoms with Crippen LogP contribution in [0.25, 0.3) is 11.1 Å². The van der Waals surface area contributed by atoms with E-state index in [0.29, 0.717) is 25.9 Å². The summed E-state index contributed by atoms with van der Waals surface area (Å²) in [6.07, 6.45) is 3.26. The predicted octanol–water partition coefficient (Wildman–Crippen LogP) is 4.71. The molecule has 0 aliphatic carbocycles. The first-order chi connectivity index (χ1) is 17.3. The first kappa shape index (κ1) is 23.8. The molecule has 1 aliphatic rings. The minimum Gasteiger partial charge on any atom is -0.346 e. The third-order valence-corrected chi connectivity index (χ3v) is 7.16. The number of nitrogens with zero attached hydrogens (tertiary/aromatic N) is 2. The predicted molar refractivity (Wildman–Crippen MR) is 130 cm³/mol. The molecule has 11 heteroatoms. The second-order valence-corrected chi connectivity index (χ2v) is 9.83. The minimum absolute atomic E-state index is 0.0457. The van der Waals surface area contributed by atoms with Crippen LogP contribution in [0.2, 0.25) is 4.34 Å². The van der Waals surface area contributed by atoms with Gasteiger partial charge in [-0.25, -0.2) is 8.78 Å². The van der Waals surface area contributed by atoms with Crippen molar-refractivity contribution in [2.75, 3.05) is 6.54 Å². The molecule has 0 radical (unpaired) electrons. The maximum atomic E-state index is 13.8. The van der Waals surface area contributed by atoms with Crippen LogP contribution >= 0.6 is 22.9 Å². The molecule has 0 saturated carbocycles. The first-order valence-electron chi connectivity index (χ1n) is 10.8. The van der Waals surface area contributed by atoms with Crippen molar-refractivity contribution < 1.29 is 23.2 Å². The zero-order chi connectivity index (χ0) is 25.4. The number of nitrogens with one attached hydrogen (secondary N) is 2. The summed E-state index contributed by atoms with van der Waals surface area (Å²) in [7, 11) is 0. The zero-order valence-electron chi connectivity index (χ0n) is 18.4. The van der Waals surface area contributed by atoms with Gasteiger partial charge >= 0.3 is 0 Å². The maximum Gasteiger partial charge on any atom is 0.261 e. The molecule has 0 fully saturated rings. The van der Waals surface area contributed by atoms with Crippen molar-refractivity contribution >= 4 is 40.7 Å². The van der Waals surface area contributed by atoms with E-state index in [1.165, 1.54) is 6.07 Å². The van der Waals surface area contributed by atoms with E-state index in [1.54, 1.807) is 42.7 Å². The monoisotopic (exact) mass is 526 g/mol. The molecule has 1 aliphatic heterocycles. The van der Waals surface area contributed by atoms with Crippen molar-refractivity contribution in [2.24, 2.45) is 0 Å². The molecule has 2 N–H and O–H groups in total. The summed E-state index contributed by atoms with van der Waals surface area (Å²) >= 11 is 7.39. The van der Waals surface area contributed by atoms with Gasteiger partial charge in [-0.2, -0.15) is 5.10 Å². The number of imide groups is 1. The summed E-state index contributed by atoms with van der Waals surface area (Å²) in [6, 6.07) is 10.7. The van der Waals surface area contributed by atoms with Gasteiger partial charge in [0.25, 0.3) is 17.7 Å². The Hall–Kier alpha value is -3.89. The molecule has 182 valence electrons. The second-order valence-electron chi connectivity index (χ2n) is 8.17. The van der Waals surface area contributed by atoms with E-state index in [1.807, 2.05) is 0 Å². The van der Waals surface area contributed by atoms with E-state index < -0.39 is 35.4 Å². The lowest BCUT2D eigenvalue weighted by Crippen LogP contribution is -2.46. The number of H-pyrrole nitrogens is 1. The van der Waals surface area contributed by atoms with Gasteiger partial charge in [-0.15, -0.1) is 11.3 Å². The number of carbonyl (C=O) groups is 3. The summed E-state index contributed by atoms with van der Waals surface area (Å²) in [6.45, 7) is -0.162. The number of amides is 3. The fraction of sp³-hybridized carbons (Fsp3) is 0.120. The van der Waals surface area contributed by atoms with Crippen molar-refractivity contribution in [1.82, 2.24) is 20.4 Å². The van der Waals surface area contributed by atoms with Gasteiger partial charge in [-0.1, -0.05) is 29.8 Å². The van der Waals surface area contributed by atoms with Gasteiger partial charge < -0.3 is 5.32 Å². The fourth-order valence-electron chi connectivity index (χ4n) is 4.07. The molecule has 0 bridgehead atoms. The summed E-state index contributed by atoms with van der Waals surface area (Å²) in [5.41, 5.74) is 2.27. The largest absolute Gasteiger partial charge is 0.346 e. The van der Waals surface area contributed by atoms with Crippen LogP contribution < -0.4 is 5.32 Å². The quantitative estimate of drug-likeness (QED) is 0.341. The Morgan fingerprint density at radius 3 is 2.42 bits per heavy atom. The number of thiophene rings is 1. The number of aromatic nitrogens is 2. The SMILES string of the molecule is O=C(NC(Cc1ccc(F)c(F)c1)CN1C(=O)c2ccccc2C1=O)c1cc(-c2cn[nH]c2)c(Cl)s1. The number of benzene rings is 2. The Morgan fingerprint density at radius 2 is 1.78 bits per heavy atom. The van der Waals surface area contributed by atoms with Crippen molar-refractivity contribution in [3.63, 3.8) is 0 Å². The van der Waals surface area contributed by atoms with E-state index in [2.05, 4.69) is 15.5 Å².